The quantitative estimate of drug-likeness (QED) is 0.493. The van der Waals surface area contributed by atoms with Gasteiger partial charge in [-0.2, -0.15) is 4.31 Å². The monoisotopic (exact) mass is 484 g/mol. The zero-order valence-electron chi connectivity index (χ0n) is 17.2. The van der Waals surface area contributed by atoms with Gasteiger partial charge in [-0.15, -0.1) is 13.2 Å². The average Bonchev–Trinajstić information content (AvgIpc) is 3.27. The molecule has 0 radical (unpaired) electrons. The number of hydrogen-bond donors (Lipinski definition) is 1. The number of benzene rings is 2. The van der Waals surface area contributed by atoms with Gasteiger partial charge in [-0.05, 0) is 60.7 Å². The Hall–Kier alpha value is -3.51. The molecule has 0 saturated carbocycles. The Balaban J connectivity index is 1.76. The van der Waals surface area contributed by atoms with Gasteiger partial charge in [0, 0.05) is 5.69 Å². The predicted molar refractivity (Wildman–Crippen MR) is 111 cm³/mol. The first-order chi connectivity index (χ1) is 15.6. The fourth-order valence-corrected chi connectivity index (χ4v) is 4.16. The summed E-state index contributed by atoms with van der Waals surface area (Å²) in [5.41, 5.74) is 0.161. The van der Waals surface area contributed by atoms with Crippen molar-refractivity contribution in [2.24, 2.45) is 0 Å². The maximum absolute atomic E-state index is 13.2. The van der Waals surface area contributed by atoms with E-state index < -0.39 is 34.6 Å². The van der Waals surface area contributed by atoms with Crippen LogP contribution < -0.4 is 14.8 Å². The molecule has 0 aliphatic heterocycles. The summed E-state index contributed by atoms with van der Waals surface area (Å²) in [7, 11) is -2.66. The first kappa shape index (κ1) is 24.1. The molecule has 3 rings (SSSR count). The number of ether oxygens (including phenoxy) is 2. The predicted octanol–water partition coefficient (Wildman–Crippen LogP) is 4.02. The lowest BCUT2D eigenvalue weighted by atomic mass is 10.3. The number of nitrogens with zero attached hydrogens (tertiary/aromatic N) is 1. The fourth-order valence-electron chi connectivity index (χ4n) is 2.80. The molecular formula is C21H19F3N2O6S. The number of carbonyl (C=O) groups is 1. The van der Waals surface area contributed by atoms with Crippen LogP contribution in [0, 0.1) is 0 Å². The van der Waals surface area contributed by atoms with Crippen molar-refractivity contribution >= 4 is 21.6 Å². The number of methoxy groups -OCH3 is 1. The van der Waals surface area contributed by atoms with Gasteiger partial charge in [0.05, 0.1) is 31.4 Å². The Bertz CT molecular complexity index is 1160. The van der Waals surface area contributed by atoms with Gasteiger partial charge in [-0.3, -0.25) is 4.79 Å². The second-order valence-electron chi connectivity index (χ2n) is 6.65. The van der Waals surface area contributed by atoms with Crippen molar-refractivity contribution in [1.82, 2.24) is 4.31 Å². The van der Waals surface area contributed by atoms with Gasteiger partial charge < -0.3 is 19.2 Å². The lowest BCUT2D eigenvalue weighted by molar-refractivity contribution is -0.274. The second-order valence-corrected chi connectivity index (χ2v) is 8.59. The van der Waals surface area contributed by atoms with Gasteiger partial charge in [0.15, 0.2) is 0 Å². The van der Waals surface area contributed by atoms with E-state index >= 15 is 0 Å². The van der Waals surface area contributed by atoms with E-state index in [0.717, 1.165) is 16.4 Å². The molecule has 2 aromatic carbocycles. The normalized spacial score (nSPS) is 11.9. The molecule has 33 heavy (non-hydrogen) atoms. The molecule has 0 bridgehead atoms. The van der Waals surface area contributed by atoms with E-state index in [1.54, 1.807) is 12.1 Å². The Labute approximate surface area is 187 Å². The minimum absolute atomic E-state index is 0.0590. The second kappa shape index (κ2) is 9.96. The highest BCUT2D eigenvalue weighted by Gasteiger charge is 2.31. The molecule has 3 aromatic rings. The summed E-state index contributed by atoms with van der Waals surface area (Å²) in [6.07, 6.45) is -3.47. The number of sulfonamides is 1. The third kappa shape index (κ3) is 6.73. The molecule has 176 valence electrons. The minimum atomic E-state index is -4.84. The number of amides is 1. The van der Waals surface area contributed by atoms with Crippen molar-refractivity contribution in [2.75, 3.05) is 19.0 Å². The van der Waals surface area contributed by atoms with Crippen molar-refractivity contribution in [3.05, 3.63) is 72.7 Å². The first-order valence-corrected chi connectivity index (χ1v) is 10.8. The first-order valence-electron chi connectivity index (χ1n) is 9.39. The van der Waals surface area contributed by atoms with Gasteiger partial charge in [-0.25, -0.2) is 8.42 Å². The highest BCUT2D eigenvalue weighted by atomic mass is 32.2. The van der Waals surface area contributed by atoms with E-state index in [1.165, 1.54) is 49.8 Å². The molecule has 8 nitrogen and oxygen atoms in total. The van der Waals surface area contributed by atoms with Gasteiger partial charge in [-0.1, -0.05) is 0 Å². The van der Waals surface area contributed by atoms with E-state index in [-0.39, 0.29) is 17.1 Å². The Kier molecular flexibility index (Phi) is 7.29. The molecule has 0 spiro atoms. The maximum Gasteiger partial charge on any atom is 0.573 e. The number of anilines is 1. The van der Waals surface area contributed by atoms with E-state index in [2.05, 4.69) is 10.1 Å². The van der Waals surface area contributed by atoms with Gasteiger partial charge in [0.2, 0.25) is 15.9 Å². The molecule has 1 aromatic heterocycles. The van der Waals surface area contributed by atoms with Crippen LogP contribution in [-0.2, 0) is 21.4 Å². The van der Waals surface area contributed by atoms with Crippen molar-refractivity contribution in [3.8, 4) is 11.5 Å². The highest BCUT2D eigenvalue weighted by Crippen LogP contribution is 2.25. The number of halogens is 3. The number of nitrogens with one attached hydrogen (secondary N) is 1. The third-order valence-corrected chi connectivity index (χ3v) is 6.11. The number of carbonyl (C=O) groups excluding carboxylic acids is 1. The van der Waals surface area contributed by atoms with Gasteiger partial charge >= 0.3 is 6.36 Å². The highest BCUT2D eigenvalue weighted by molar-refractivity contribution is 7.89. The summed E-state index contributed by atoms with van der Waals surface area (Å²) in [5.74, 6) is -0.388. The summed E-state index contributed by atoms with van der Waals surface area (Å²) >= 11 is 0. The van der Waals surface area contributed by atoms with Crippen LogP contribution in [0.5, 0.6) is 11.5 Å². The van der Waals surface area contributed by atoms with Gasteiger partial charge in [0.1, 0.15) is 17.3 Å². The molecule has 12 heteroatoms. The van der Waals surface area contributed by atoms with Crippen LogP contribution in [0.1, 0.15) is 5.76 Å². The molecule has 0 fully saturated rings. The van der Waals surface area contributed by atoms with Crippen molar-refractivity contribution in [3.63, 3.8) is 0 Å². The van der Waals surface area contributed by atoms with Crippen LogP contribution in [0.2, 0.25) is 0 Å². The van der Waals surface area contributed by atoms with Crippen LogP contribution in [0.3, 0.4) is 0 Å². The van der Waals surface area contributed by atoms with Crippen LogP contribution in [0.15, 0.2) is 76.2 Å². The summed E-state index contributed by atoms with van der Waals surface area (Å²) in [4.78, 5) is 12.5. The van der Waals surface area contributed by atoms with Crippen LogP contribution >= 0.6 is 0 Å². The van der Waals surface area contributed by atoms with Crippen LogP contribution in [-0.4, -0.2) is 38.6 Å². The molecule has 0 aliphatic rings. The van der Waals surface area contributed by atoms with Crippen molar-refractivity contribution < 1.29 is 40.3 Å². The summed E-state index contributed by atoms with van der Waals surface area (Å²) < 4.78 is 78.1. The van der Waals surface area contributed by atoms with Crippen LogP contribution in [0.25, 0.3) is 0 Å². The zero-order chi connectivity index (χ0) is 24.1. The van der Waals surface area contributed by atoms with E-state index in [9.17, 15) is 26.4 Å². The summed E-state index contributed by atoms with van der Waals surface area (Å²) in [6, 6.07) is 13.2. The van der Waals surface area contributed by atoms with E-state index in [0.29, 0.717) is 11.5 Å². The Morgan fingerprint density at radius 3 is 2.21 bits per heavy atom. The molecule has 1 amide bonds. The summed E-state index contributed by atoms with van der Waals surface area (Å²) in [6.45, 7) is -0.789. The molecule has 0 saturated heterocycles. The Morgan fingerprint density at radius 1 is 1.03 bits per heavy atom. The van der Waals surface area contributed by atoms with Crippen molar-refractivity contribution in [1.29, 1.82) is 0 Å². The smallest absolute Gasteiger partial charge is 0.497 e. The number of rotatable bonds is 9. The average molecular weight is 484 g/mol. The lowest BCUT2D eigenvalue weighted by Crippen LogP contribution is -2.37. The van der Waals surface area contributed by atoms with Gasteiger partial charge in [0.25, 0.3) is 0 Å². The summed E-state index contributed by atoms with van der Waals surface area (Å²) in [5, 5.41) is 2.45. The van der Waals surface area contributed by atoms with E-state index in [4.69, 9.17) is 9.15 Å². The molecule has 0 aliphatic carbocycles. The molecule has 1 N–H and O–H groups in total. The number of alkyl halides is 3. The zero-order valence-corrected chi connectivity index (χ0v) is 18.0. The molecule has 0 atom stereocenters. The fraction of sp³-hybridized carbons (Fsp3) is 0.190. The maximum atomic E-state index is 13.2. The molecular weight excluding hydrogens is 465 g/mol. The van der Waals surface area contributed by atoms with Crippen LogP contribution in [0.4, 0.5) is 18.9 Å². The third-order valence-electron chi connectivity index (χ3n) is 4.30. The topological polar surface area (TPSA) is 98.1 Å². The SMILES string of the molecule is COc1ccc(S(=O)(=O)N(CC(=O)Nc2ccc(OC(F)(F)F)cc2)Cc2ccco2)cc1. The largest absolute Gasteiger partial charge is 0.573 e. The molecule has 0 unspecified atom stereocenters. The van der Waals surface area contributed by atoms with Crippen molar-refractivity contribution in [2.45, 2.75) is 17.8 Å². The number of hydrogen-bond acceptors (Lipinski definition) is 6. The minimum Gasteiger partial charge on any atom is -0.497 e. The lowest BCUT2D eigenvalue weighted by Gasteiger charge is -2.21. The standard InChI is InChI=1S/C21H19F3N2O6S/c1-30-16-8-10-19(11-9-16)33(28,29)26(13-18-3-2-12-31-18)14-20(27)25-15-4-6-17(7-5-15)32-21(22,23)24/h2-12H,13-14H2,1H3,(H,25,27). The van der Waals surface area contributed by atoms with E-state index in [1.807, 2.05) is 0 Å². The Morgan fingerprint density at radius 2 is 1.67 bits per heavy atom. The molecule has 1 heterocycles. The number of furan rings is 1.